The van der Waals surface area contributed by atoms with Gasteiger partial charge in [-0.3, -0.25) is 4.79 Å². The van der Waals surface area contributed by atoms with Crippen LogP contribution in [-0.2, 0) is 6.42 Å². The first kappa shape index (κ1) is 14.1. The van der Waals surface area contributed by atoms with Crippen molar-refractivity contribution in [1.29, 1.82) is 0 Å². The smallest absolute Gasteiger partial charge is 0.167 e. The van der Waals surface area contributed by atoms with Crippen LogP contribution in [0.1, 0.15) is 15.9 Å². The van der Waals surface area contributed by atoms with E-state index < -0.39 is 23.2 Å². The van der Waals surface area contributed by atoms with E-state index in [1.54, 1.807) is 0 Å². The zero-order valence-electron chi connectivity index (χ0n) is 10.6. The first-order valence-electron chi connectivity index (χ1n) is 5.82. The maximum Gasteiger partial charge on any atom is 0.167 e. The molecule has 104 valence electrons. The van der Waals surface area contributed by atoms with Gasteiger partial charge in [0.25, 0.3) is 0 Å². The summed E-state index contributed by atoms with van der Waals surface area (Å²) in [4.78, 5) is 12.0. The van der Waals surface area contributed by atoms with Crippen molar-refractivity contribution in [2.45, 2.75) is 6.42 Å². The highest BCUT2D eigenvalue weighted by molar-refractivity contribution is 5.97. The molecule has 2 aromatic carbocycles. The Balaban J connectivity index is 2.26. The predicted molar refractivity (Wildman–Crippen MR) is 67.3 cm³/mol. The maximum absolute atomic E-state index is 13.5. The molecule has 0 unspecified atom stereocenters. The lowest BCUT2D eigenvalue weighted by molar-refractivity contribution is 0.0991. The summed E-state index contributed by atoms with van der Waals surface area (Å²) in [6, 6.07) is 6.50. The van der Waals surface area contributed by atoms with Gasteiger partial charge in [-0.25, -0.2) is 13.2 Å². The van der Waals surface area contributed by atoms with Crippen LogP contribution in [0.5, 0.6) is 5.75 Å². The van der Waals surface area contributed by atoms with Crippen LogP contribution in [0, 0.1) is 17.5 Å². The number of halogens is 3. The van der Waals surface area contributed by atoms with Crippen LogP contribution in [0.4, 0.5) is 13.2 Å². The average molecular weight is 280 g/mol. The zero-order chi connectivity index (χ0) is 14.7. The van der Waals surface area contributed by atoms with Gasteiger partial charge in [-0.05, 0) is 42.0 Å². The van der Waals surface area contributed by atoms with Crippen molar-refractivity contribution in [2.75, 3.05) is 7.11 Å². The van der Waals surface area contributed by atoms with Gasteiger partial charge >= 0.3 is 0 Å². The Kier molecular flexibility index (Phi) is 4.08. The Bertz CT molecular complexity index is 654. The van der Waals surface area contributed by atoms with Gasteiger partial charge in [0, 0.05) is 12.0 Å². The van der Waals surface area contributed by atoms with Crippen molar-refractivity contribution in [1.82, 2.24) is 0 Å². The summed E-state index contributed by atoms with van der Waals surface area (Å²) < 4.78 is 44.5. The molecule has 0 aliphatic heterocycles. The topological polar surface area (TPSA) is 26.3 Å². The van der Waals surface area contributed by atoms with Crippen LogP contribution >= 0.6 is 0 Å². The molecule has 0 spiro atoms. The first-order chi connectivity index (χ1) is 9.51. The van der Waals surface area contributed by atoms with Gasteiger partial charge in [-0.1, -0.05) is 0 Å². The standard InChI is InChI=1S/C15H11F3O2/c1-20-15-8-9(2-4-13(15)18)14(19)7-10-6-11(16)3-5-12(10)17/h2-6,8H,7H2,1H3. The first-order valence-corrected chi connectivity index (χ1v) is 5.82. The van der Waals surface area contributed by atoms with Gasteiger partial charge < -0.3 is 4.74 Å². The molecule has 2 rings (SSSR count). The van der Waals surface area contributed by atoms with E-state index in [0.717, 1.165) is 24.3 Å². The number of carbonyl (C=O) groups is 1. The second-order valence-corrected chi connectivity index (χ2v) is 4.19. The molecule has 0 N–H and O–H groups in total. The summed E-state index contributed by atoms with van der Waals surface area (Å²) in [5.41, 5.74) is 0.130. The monoisotopic (exact) mass is 280 g/mol. The quantitative estimate of drug-likeness (QED) is 0.801. The molecule has 5 heteroatoms. The van der Waals surface area contributed by atoms with Gasteiger partial charge in [0.2, 0.25) is 0 Å². The summed E-state index contributed by atoms with van der Waals surface area (Å²) in [7, 11) is 1.28. The van der Waals surface area contributed by atoms with E-state index in [9.17, 15) is 18.0 Å². The van der Waals surface area contributed by atoms with Crippen molar-refractivity contribution < 1.29 is 22.7 Å². The van der Waals surface area contributed by atoms with Crippen LogP contribution < -0.4 is 4.74 Å². The van der Waals surface area contributed by atoms with E-state index in [1.807, 2.05) is 0 Å². The largest absolute Gasteiger partial charge is 0.494 e. The van der Waals surface area contributed by atoms with Crippen LogP contribution in [-0.4, -0.2) is 12.9 Å². The predicted octanol–water partition coefficient (Wildman–Crippen LogP) is 3.54. The third-order valence-corrected chi connectivity index (χ3v) is 2.83. The summed E-state index contributed by atoms with van der Waals surface area (Å²) in [6.45, 7) is 0. The van der Waals surface area contributed by atoms with Crippen molar-refractivity contribution in [3.8, 4) is 5.75 Å². The molecule has 20 heavy (non-hydrogen) atoms. The van der Waals surface area contributed by atoms with Crippen LogP contribution in [0.25, 0.3) is 0 Å². The minimum atomic E-state index is -0.658. The highest BCUT2D eigenvalue weighted by Gasteiger charge is 2.13. The lowest BCUT2D eigenvalue weighted by Gasteiger charge is -2.06. The lowest BCUT2D eigenvalue weighted by atomic mass is 10.0. The number of Topliss-reactive ketones (excluding diaryl/α,β-unsaturated/α-hetero) is 1. The zero-order valence-corrected chi connectivity index (χ0v) is 10.6. The molecular weight excluding hydrogens is 269 g/mol. The second-order valence-electron chi connectivity index (χ2n) is 4.19. The molecule has 0 heterocycles. The highest BCUT2D eigenvalue weighted by Crippen LogP contribution is 2.20. The van der Waals surface area contributed by atoms with Crippen molar-refractivity contribution in [3.05, 3.63) is 65.0 Å². The third-order valence-electron chi connectivity index (χ3n) is 2.83. The summed E-state index contributed by atoms with van der Waals surface area (Å²) in [5.74, 6) is -2.40. The minimum Gasteiger partial charge on any atom is -0.494 e. The molecular formula is C15H11F3O2. The average Bonchev–Trinajstić information content (AvgIpc) is 2.43. The number of benzene rings is 2. The fourth-order valence-electron chi connectivity index (χ4n) is 1.79. The molecule has 0 aliphatic rings. The van der Waals surface area contributed by atoms with Gasteiger partial charge in [0.05, 0.1) is 7.11 Å². The van der Waals surface area contributed by atoms with Gasteiger partial charge in [-0.15, -0.1) is 0 Å². The molecule has 0 saturated heterocycles. The third kappa shape index (κ3) is 2.99. The van der Waals surface area contributed by atoms with Crippen LogP contribution in [0.2, 0.25) is 0 Å². The minimum absolute atomic E-state index is 0.0432. The Hall–Kier alpha value is -2.30. The van der Waals surface area contributed by atoms with E-state index in [0.29, 0.717) is 0 Å². The normalized spacial score (nSPS) is 10.4. The molecule has 2 nitrogen and oxygen atoms in total. The molecule has 0 aromatic heterocycles. The van der Waals surface area contributed by atoms with Crippen LogP contribution in [0.3, 0.4) is 0 Å². The Labute approximate surface area is 113 Å². The molecule has 2 aromatic rings. The number of carbonyl (C=O) groups excluding carboxylic acids is 1. The van der Waals surface area contributed by atoms with E-state index in [2.05, 4.69) is 0 Å². The summed E-state index contributed by atoms with van der Waals surface area (Å²) >= 11 is 0. The molecule has 0 atom stereocenters. The van der Waals surface area contributed by atoms with Crippen molar-refractivity contribution in [2.24, 2.45) is 0 Å². The number of hydrogen-bond acceptors (Lipinski definition) is 2. The summed E-state index contributed by atoms with van der Waals surface area (Å²) in [5, 5.41) is 0. The number of ether oxygens (including phenoxy) is 1. The fourth-order valence-corrected chi connectivity index (χ4v) is 1.79. The van der Waals surface area contributed by atoms with Gasteiger partial charge in [0.15, 0.2) is 17.3 Å². The van der Waals surface area contributed by atoms with Gasteiger partial charge in [-0.2, -0.15) is 0 Å². The van der Waals surface area contributed by atoms with E-state index in [4.69, 9.17) is 4.74 Å². The Morgan fingerprint density at radius 3 is 2.45 bits per heavy atom. The maximum atomic E-state index is 13.5. The fraction of sp³-hybridized carbons (Fsp3) is 0.133. The van der Waals surface area contributed by atoms with E-state index >= 15 is 0 Å². The number of rotatable bonds is 4. The molecule has 0 amide bonds. The summed E-state index contributed by atoms with van der Waals surface area (Å²) in [6.07, 6.45) is -0.307. The number of hydrogen-bond donors (Lipinski definition) is 0. The van der Waals surface area contributed by atoms with Gasteiger partial charge in [0.1, 0.15) is 11.6 Å². The molecule has 0 radical (unpaired) electrons. The van der Waals surface area contributed by atoms with Crippen LogP contribution in [0.15, 0.2) is 36.4 Å². The van der Waals surface area contributed by atoms with Crippen molar-refractivity contribution >= 4 is 5.78 Å². The molecule has 0 fully saturated rings. The van der Waals surface area contributed by atoms with Crippen molar-refractivity contribution in [3.63, 3.8) is 0 Å². The van der Waals surface area contributed by atoms with E-state index in [1.165, 1.54) is 19.2 Å². The number of ketones is 1. The SMILES string of the molecule is COc1cc(C(=O)Cc2cc(F)ccc2F)ccc1F. The lowest BCUT2D eigenvalue weighted by Crippen LogP contribution is -2.06. The van der Waals surface area contributed by atoms with E-state index in [-0.39, 0.29) is 23.3 Å². The molecule has 0 saturated carbocycles. The number of methoxy groups -OCH3 is 1. The Morgan fingerprint density at radius 1 is 1.05 bits per heavy atom. The Morgan fingerprint density at radius 2 is 1.75 bits per heavy atom. The second kappa shape index (κ2) is 5.77. The highest BCUT2D eigenvalue weighted by atomic mass is 19.1. The molecule has 0 bridgehead atoms. The molecule has 0 aliphatic carbocycles.